The van der Waals surface area contributed by atoms with Crippen LogP contribution in [0.15, 0.2) is 18.2 Å². The van der Waals surface area contributed by atoms with Crippen molar-refractivity contribution in [2.24, 2.45) is 0 Å². The van der Waals surface area contributed by atoms with Crippen LogP contribution in [0.3, 0.4) is 0 Å². The van der Waals surface area contributed by atoms with Crippen molar-refractivity contribution < 1.29 is 15.1 Å². The van der Waals surface area contributed by atoms with E-state index in [0.717, 1.165) is 18.2 Å². The first kappa shape index (κ1) is 7.33. The third-order valence-electron chi connectivity index (χ3n) is 1.15. The number of hydrogen-bond acceptors (Lipinski definition) is 3. The van der Waals surface area contributed by atoms with E-state index in [1.54, 1.807) is 0 Å². The molecule has 5 nitrogen and oxygen atoms in total. The first-order chi connectivity index (χ1) is 5.11. The summed E-state index contributed by atoms with van der Waals surface area (Å²) in [5.74, 6) is -1.21. The smallest absolute Gasteiger partial charge is 0.273 e. The molecule has 57 valence electrons. The predicted octanol–water partition coefficient (Wildman–Crippen LogP) is 1.44. The van der Waals surface area contributed by atoms with Gasteiger partial charge in [-0.1, -0.05) is 0 Å². The Morgan fingerprint density at radius 3 is 2.55 bits per heavy atom. The van der Waals surface area contributed by atoms with E-state index in [-0.39, 0.29) is 5.69 Å². The number of nitrogens with zero attached hydrogens (tertiary/aromatic N) is 1. The predicted molar refractivity (Wildman–Crippen MR) is 34.9 cm³/mol. The molecule has 1 N–H and O–H groups in total. The number of rotatable bonds is 1. The second kappa shape index (κ2) is 2.45. The van der Waals surface area contributed by atoms with Crippen LogP contribution in [0.1, 0.15) is 0 Å². The van der Waals surface area contributed by atoms with Crippen molar-refractivity contribution in [3.8, 4) is 11.5 Å². The molecule has 1 aromatic rings. The van der Waals surface area contributed by atoms with Crippen LogP contribution in [-0.2, 0) is 5.11 Å². The Bertz CT molecular complexity index is 297. The summed E-state index contributed by atoms with van der Waals surface area (Å²) in [6.45, 7) is 0. The quantitative estimate of drug-likeness (QED) is 0.490. The number of benzene rings is 1. The average molecular weight is 154 g/mol. The Morgan fingerprint density at radius 1 is 1.45 bits per heavy atom. The number of non-ortho nitro benzene ring substituents is 1. The second-order valence-corrected chi connectivity index (χ2v) is 1.91. The van der Waals surface area contributed by atoms with Crippen LogP contribution >= 0.6 is 0 Å². The van der Waals surface area contributed by atoms with Crippen molar-refractivity contribution in [2.45, 2.75) is 0 Å². The van der Waals surface area contributed by atoms with Crippen molar-refractivity contribution >= 4 is 5.69 Å². The van der Waals surface area contributed by atoms with Crippen LogP contribution in [0.5, 0.6) is 11.5 Å². The standard InChI is InChI=1S/C6H4NO4/c8-5-2-1-4(7(10)11)3-6(5)9/h1-3,9H. The van der Waals surface area contributed by atoms with E-state index < -0.39 is 16.4 Å². The average Bonchev–Trinajstić information content (AvgIpc) is 1.94. The zero-order valence-electron chi connectivity index (χ0n) is 5.35. The summed E-state index contributed by atoms with van der Waals surface area (Å²) in [5, 5.41) is 29.3. The molecule has 0 fully saturated rings. The van der Waals surface area contributed by atoms with E-state index in [2.05, 4.69) is 0 Å². The monoisotopic (exact) mass is 154 g/mol. The normalized spacial score (nSPS) is 9.45. The van der Waals surface area contributed by atoms with Gasteiger partial charge in [0.2, 0.25) is 5.75 Å². The molecule has 1 radical (unpaired) electrons. The first-order valence-electron chi connectivity index (χ1n) is 2.75. The number of nitro benzene ring substituents is 1. The van der Waals surface area contributed by atoms with Gasteiger partial charge < -0.3 is 5.11 Å². The molecule has 11 heavy (non-hydrogen) atoms. The van der Waals surface area contributed by atoms with E-state index in [9.17, 15) is 15.2 Å². The summed E-state index contributed by atoms with van der Waals surface area (Å²) in [6.07, 6.45) is 0. The first-order valence-corrected chi connectivity index (χ1v) is 2.75. The molecule has 0 heterocycles. The maximum Gasteiger partial charge on any atom is 0.273 e. The minimum absolute atomic E-state index is 0.290. The number of phenols is 1. The van der Waals surface area contributed by atoms with Crippen molar-refractivity contribution in [1.82, 2.24) is 0 Å². The zero-order chi connectivity index (χ0) is 8.43. The Balaban J connectivity index is 3.15. The number of aromatic hydroxyl groups is 1. The molecule has 0 aliphatic carbocycles. The molecule has 0 unspecified atom stereocenters. The lowest BCUT2D eigenvalue weighted by Gasteiger charge is -1.92. The second-order valence-electron chi connectivity index (χ2n) is 1.91. The van der Waals surface area contributed by atoms with Crippen molar-refractivity contribution in [3.63, 3.8) is 0 Å². The highest BCUT2D eigenvalue weighted by atomic mass is 16.6. The lowest BCUT2D eigenvalue weighted by atomic mass is 10.3. The molecule has 0 atom stereocenters. The molecule has 0 amide bonds. The summed E-state index contributed by atoms with van der Waals surface area (Å²) in [7, 11) is 0. The van der Waals surface area contributed by atoms with Gasteiger partial charge in [-0.3, -0.25) is 15.2 Å². The van der Waals surface area contributed by atoms with Crippen LogP contribution in [0.4, 0.5) is 5.69 Å². The van der Waals surface area contributed by atoms with Gasteiger partial charge in [0.15, 0.2) is 5.75 Å². The fourth-order valence-corrected chi connectivity index (χ4v) is 0.619. The highest BCUT2D eigenvalue weighted by Gasteiger charge is 2.09. The van der Waals surface area contributed by atoms with Gasteiger partial charge in [0, 0.05) is 6.07 Å². The molecule has 0 saturated carbocycles. The zero-order valence-corrected chi connectivity index (χ0v) is 5.35. The van der Waals surface area contributed by atoms with Gasteiger partial charge in [0.05, 0.1) is 11.0 Å². The van der Waals surface area contributed by atoms with E-state index in [0.29, 0.717) is 0 Å². The molecular weight excluding hydrogens is 150 g/mol. The topological polar surface area (TPSA) is 83.3 Å². The number of phenolic OH excluding ortho intramolecular Hbond substituents is 1. The fraction of sp³-hybridized carbons (Fsp3) is 0. The highest BCUT2D eigenvalue weighted by molar-refractivity contribution is 5.46. The molecule has 0 aromatic heterocycles. The molecule has 5 heteroatoms. The summed E-state index contributed by atoms with van der Waals surface area (Å²) in [6, 6.07) is 2.82. The molecule has 1 rings (SSSR count). The Kier molecular flexibility index (Phi) is 1.63. The van der Waals surface area contributed by atoms with Crippen LogP contribution in [0, 0.1) is 10.1 Å². The highest BCUT2D eigenvalue weighted by Crippen LogP contribution is 2.28. The molecule has 0 aliphatic heterocycles. The van der Waals surface area contributed by atoms with Gasteiger partial charge in [-0.15, -0.1) is 0 Å². The molecule has 0 aliphatic rings. The lowest BCUT2D eigenvalue weighted by Crippen LogP contribution is -1.85. The van der Waals surface area contributed by atoms with E-state index in [1.165, 1.54) is 0 Å². The van der Waals surface area contributed by atoms with Gasteiger partial charge in [0.1, 0.15) is 0 Å². The number of nitro groups is 1. The summed E-state index contributed by atoms with van der Waals surface area (Å²) in [4.78, 5) is 9.38. The lowest BCUT2D eigenvalue weighted by molar-refractivity contribution is -0.385. The molecule has 0 bridgehead atoms. The Labute approximate surface area is 61.7 Å². The molecular formula is C6H4NO4. The van der Waals surface area contributed by atoms with Crippen molar-refractivity contribution in [2.75, 3.05) is 0 Å². The van der Waals surface area contributed by atoms with Crippen LogP contribution in [-0.4, -0.2) is 10.0 Å². The van der Waals surface area contributed by atoms with Gasteiger partial charge >= 0.3 is 0 Å². The maximum atomic E-state index is 10.5. The molecule has 0 saturated heterocycles. The van der Waals surface area contributed by atoms with Crippen molar-refractivity contribution in [3.05, 3.63) is 28.3 Å². The fourth-order valence-electron chi connectivity index (χ4n) is 0.619. The van der Waals surface area contributed by atoms with Gasteiger partial charge in [-0.25, -0.2) is 0 Å². The van der Waals surface area contributed by atoms with E-state index in [1.807, 2.05) is 0 Å². The summed E-state index contributed by atoms with van der Waals surface area (Å²) < 4.78 is 0. The number of hydrogen-bond donors (Lipinski definition) is 1. The van der Waals surface area contributed by atoms with Crippen LogP contribution in [0.2, 0.25) is 0 Å². The SMILES string of the molecule is [O]c1ccc([N+](=O)[O-])cc1O. The van der Waals surface area contributed by atoms with Crippen LogP contribution in [0.25, 0.3) is 0 Å². The third kappa shape index (κ3) is 1.37. The van der Waals surface area contributed by atoms with Crippen molar-refractivity contribution in [1.29, 1.82) is 0 Å². The minimum Gasteiger partial charge on any atom is -0.504 e. The molecule has 1 aromatic carbocycles. The largest absolute Gasteiger partial charge is 0.504 e. The Hall–Kier alpha value is -1.78. The van der Waals surface area contributed by atoms with E-state index in [4.69, 9.17) is 5.11 Å². The van der Waals surface area contributed by atoms with Gasteiger partial charge in [-0.2, -0.15) is 0 Å². The van der Waals surface area contributed by atoms with Gasteiger partial charge in [0.25, 0.3) is 5.69 Å². The molecule has 0 spiro atoms. The maximum absolute atomic E-state index is 10.5. The van der Waals surface area contributed by atoms with Crippen LogP contribution < -0.4 is 0 Å². The Morgan fingerprint density at radius 2 is 2.09 bits per heavy atom. The van der Waals surface area contributed by atoms with E-state index >= 15 is 0 Å². The third-order valence-corrected chi connectivity index (χ3v) is 1.15. The summed E-state index contributed by atoms with van der Waals surface area (Å²) in [5.41, 5.74) is -0.290. The minimum atomic E-state index is -0.681. The summed E-state index contributed by atoms with van der Waals surface area (Å²) >= 11 is 0. The van der Waals surface area contributed by atoms with Gasteiger partial charge in [-0.05, 0) is 6.07 Å².